The molecule has 4 nitrogen and oxygen atoms in total. The van der Waals surface area contributed by atoms with Crippen LogP contribution in [0.1, 0.15) is 21.1 Å². The monoisotopic (exact) mass is 249 g/mol. The fourth-order valence-corrected chi connectivity index (χ4v) is 1.95. The molecule has 0 fully saturated rings. The molecule has 0 saturated heterocycles. The summed E-state index contributed by atoms with van der Waals surface area (Å²) in [5.74, 6) is -0.421. The molecule has 0 spiro atoms. The van der Waals surface area contributed by atoms with Gasteiger partial charge in [0.15, 0.2) is 0 Å². The van der Waals surface area contributed by atoms with Crippen LogP contribution < -0.4 is 4.74 Å². The van der Waals surface area contributed by atoms with Gasteiger partial charge in [-0.25, -0.2) is 9.78 Å². The fraction of sp³-hybridized carbons (Fsp3) is 0.167. The molecule has 0 aliphatic rings. The normalized spacial score (nSPS) is 10.2. The van der Waals surface area contributed by atoms with Crippen LogP contribution in [0.2, 0.25) is 0 Å². The fourth-order valence-electron chi connectivity index (χ4n) is 1.35. The van der Waals surface area contributed by atoms with E-state index in [1.54, 1.807) is 23.5 Å². The van der Waals surface area contributed by atoms with Crippen molar-refractivity contribution in [1.82, 2.24) is 4.98 Å². The van der Waals surface area contributed by atoms with Gasteiger partial charge in [0.2, 0.25) is 0 Å². The minimum Gasteiger partial charge on any atom is -0.487 e. The summed E-state index contributed by atoms with van der Waals surface area (Å²) in [6.07, 6.45) is 0. The molecule has 88 valence electrons. The van der Waals surface area contributed by atoms with Crippen molar-refractivity contribution in [2.75, 3.05) is 0 Å². The number of hydrogen-bond acceptors (Lipinski definition) is 4. The van der Waals surface area contributed by atoms with E-state index in [1.165, 1.54) is 12.1 Å². The predicted molar refractivity (Wildman–Crippen MR) is 64.6 cm³/mol. The van der Waals surface area contributed by atoms with Crippen LogP contribution in [0.3, 0.4) is 0 Å². The molecule has 1 aromatic heterocycles. The van der Waals surface area contributed by atoms with Gasteiger partial charge in [-0.1, -0.05) is 6.07 Å². The summed E-state index contributed by atoms with van der Waals surface area (Å²) < 4.78 is 5.48. The Morgan fingerprint density at radius 2 is 2.35 bits per heavy atom. The second-order valence-corrected chi connectivity index (χ2v) is 4.54. The number of hydrogen-bond donors (Lipinski definition) is 1. The van der Waals surface area contributed by atoms with Gasteiger partial charge < -0.3 is 9.84 Å². The Morgan fingerprint density at radius 1 is 1.53 bits per heavy atom. The molecule has 0 radical (unpaired) electrons. The van der Waals surface area contributed by atoms with Crippen LogP contribution in [-0.4, -0.2) is 16.1 Å². The molecule has 1 N–H and O–H groups in total. The van der Waals surface area contributed by atoms with Gasteiger partial charge in [0.25, 0.3) is 0 Å². The molecule has 0 aliphatic heterocycles. The molecule has 0 bridgehead atoms. The maximum atomic E-state index is 10.8. The largest absolute Gasteiger partial charge is 0.487 e. The Balaban J connectivity index is 2.04. The minimum absolute atomic E-state index is 0.219. The van der Waals surface area contributed by atoms with E-state index < -0.39 is 5.97 Å². The van der Waals surface area contributed by atoms with E-state index in [4.69, 9.17) is 9.84 Å². The number of thiazole rings is 1. The molecule has 5 heteroatoms. The van der Waals surface area contributed by atoms with Crippen molar-refractivity contribution in [2.45, 2.75) is 13.5 Å². The van der Waals surface area contributed by atoms with Crippen molar-refractivity contribution in [3.63, 3.8) is 0 Å². The van der Waals surface area contributed by atoms with Crippen LogP contribution in [0, 0.1) is 6.92 Å². The zero-order chi connectivity index (χ0) is 12.3. The highest BCUT2D eigenvalue weighted by Gasteiger charge is 2.04. The molecule has 0 atom stereocenters. The van der Waals surface area contributed by atoms with Crippen LogP contribution in [0.15, 0.2) is 29.6 Å². The smallest absolute Gasteiger partial charge is 0.335 e. The van der Waals surface area contributed by atoms with Gasteiger partial charge >= 0.3 is 5.97 Å². The van der Waals surface area contributed by atoms with Crippen LogP contribution in [0.25, 0.3) is 0 Å². The first-order chi connectivity index (χ1) is 8.15. The lowest BCUT2D eigenvalue weighted by Crippen LogP contribution is -1.99. The van der Waals surface area contributed by atoms with Crippen LogP contribution in [0.4, 0.5) is 0 Å². The molecule has 0 saturated carbocycles. The highest BCUT2D eigenvalue weighted by molar-refractivity contribution is 7.09. The maximum Gasteiger partial charge on any atom is 0.335 e. The number of rotatable bonds is 4. The molecule has 2 aromatic rings. The van der Waals surface area contributed by atoms with Crippen molar-refractivity contribution in [3.05, 3.63) is 45.9 Å². The number of benzene rings is 1. The SMILES string of the molecule is Cc1nc(COc2cccc(C(=O)O)c2)cs1. The number of carbonyl (C=O) groups is 1. The molecular weight excluding hydrogens is 238 g/mol. The number of ether oxygens (including phenoxy) is 1. The maximum absolute atomic E-state index is 10.8. The quantitative estimate of drug-likeness (QED) is 0.905. The number of carboxylic acids is 1. The van der Waals surface area contributed by atoms with Gasteiger partial charge in [-0.2, -0.15) is 0 Å². The topological polar surface area (TPSA) is 59.4 Å². The summed E-state index contributed by atoms with van der Waals surface area (Å²) in [5.41, 5.74) is 1.07. The van der Waals surface area contributed by atoms with Crippen LogP contribution >= 0.6 is 11.3 Å². The second kappa shape index (κ2) is 4.97. The molecular formula is C12H11NO3S. The van der Waals surface area contributed by atoms with Crippen molar-refractivity contribution in [1.29, 1.82) is 0 Å². The summed E-state index contributed by atoms with van der Waals surface area (Å²) in [6.45, 7) is 2.28. The standard InChI is InChI=1S/C12H11NO3S/c1-8-13-10(7-17-8)6-16-11-4-2-3-9(5-11)12(14)15/h2-5,7H,6H2,1H3,(H,14,15). The van der Waals surface area contributed by atoms with E-state index in [0.29, 0.717) is 12.4 Å². The van der Waals surface area contributed by atoms with Crippen molar-refractivity contribution >= 4 is 17.3 Å². The average molecular weight is 249 g/mol. The third-order valence-electron chi connectivity index (χ3n) is 2.13. The summed E-state index contributed by atoms with van der Waals surface area (Å²) in [5, 5.41) is 11.7. The van der Waals surface area contributed by atoms with Crippen LogP contribution in [-0.2, 0) is 6.61 Å². The molecule has 1 aromatic carbocycles. The Morgan fingerprint density at radius 3 is 3.00 bits per heavy atom. The predicted octanol–water partition coefficient (Wildman–Crippen LogP) is 2.73. The Labute approximate surface area is 103 Å². The number of aromatic nitrogens is 1. The first-order valence-electron chi connectivity index (χ1n) is 5.02. The van der Waals surface area contributed by atoms with E-state index >= 15 is 0 Å². The lowest BCUT2D eigenvalue weighted by atomic mass is 10.2. The summed E-state index contributed by atoms with van der Waals surface area (Å²) >= 11 is 1.56. The first-order valence-corrected chi connectivity index (χ1v) is 5.90. The molecule has 0 unspecified atom stereocenters. The number of nitrogens with zero attached hydrogens (tertiary/aromatic N) is 1. The van der Waals surface area contributed by atoms with E-state index in [1.807, 2.05) is 12.3 Å². The Kier molecular flexibility index (Phi) is 3.39. The molecule has 2 rings (SSSR count). The lowest BCUT2D eigenvalue weighted by molar-refractivity contribution is 0.0696. The molecule has 17 heavy (non-hydrogen) atoms. The molecule has 0 aliphatic carbocycles. The van der Waals surface area contributed by atoms with Gasteiger partial charge in [0.1, 0.15) is 12.4 Å². The summed E-state index contributed by atoms with van der Waals surface area (Å²) in [6, 6.07) is 6.42. The summed E-state index contributed by atoms with van der Waals surface area (Å²) in [4.78, 5) is 15.0. The van der Waals surface area contributed by atoms with E-state index in [9.17, 15) is 4.79 Å². The van der Waals surface area contributed by atoms with E-state index in [0.717, 1.165) is 10.7 Å². The average Bonchev–Trinajstić information content (AvgIpc) is 2.73. The highest BCUT2D eigenvalue weighted by Crippen LogP contribution is 2.16. The molecule has 0 amide bonds. The minimum atomic E-state index is -0.958. The third kappa shape index (κ3) is 3.04. The third-order valence-corrected chi connectivity index (χ3v) is 2.96. The van der Waals surface area contributed by atoms with Crippen molar-refractivity contribution < 1.29 is 14.6 Å². The van der Waals surface area contributed by atoms with Gasteiger partial charge in [-0.05, 0) is 25.1 Å². The number of aryl methyl sites for hydroxylation is 1. The number of aromatic carboxylic acids is 1. The summed E-state index contributed by atoms with van der Waals surface area (Å²) in [7, 11) is 0. The van der Waals surface area contributed by atoms with Gasteiger partial charge in [0, 0.05) is 5.38 Å². The lowest BCUT2D eigenvalue weighted by Gasteiger charge is -2.04. The van der Waals surface area contributed by atoms with Gasteiger partial charge in [-0.15, -0.1) is 11.3 Å². The molecule has 1 heterocycles. The number of carboxylic acid groups (broad SMARTS) is 1. The highest BCUT2D eigenvalue weighted by atomic mass is 32.1. The first kappa shape index (κ1) is 11.6. The van der Waals surface area contributed by atoms with Gasteiger partial charge in [-0.3, -0.25) is 0 Å². The van der Waals surface area contributed by atoms with Crippen LogP contribution in [0.5, 0.6) is 5.75 Å². The Hall–Kier alpha value is -1.88. The second-order valence-electron chi connectivity index (χ2n) is 3.48. The van der Waals surface area contributed by atoms with Crippen molar-refractivity contribution in [2.24, 2.45) is 0 Å². The van der Waals surface area contributed by atoms with Gasteiger partial charge in [0.05, 0.1) is 16.3 Å². The zero-order valence-electron chi connectivity index (χ0n) is 9.21. The van der Waals surface area contributed by atoms with Crippen molar-refractivity contribution in [3.8, 4) is 5.75 Å². The zero-order valence-corrected chi connectivity index (χ0v) is 10.0. The Bertz CT molecular complexity index is 536. The van der Waals surface area contributed by atoms with E-state index in [2.05, 4.69) is 4.98 Å². The van der Waals surface area contributed by atoms with E-state index in [-0.39, 0.29) is 5.56 Å².